The van der Waals surface area contributed by atoms with Crippen molar-refractivity contribution in [3.05, 3.63) is 66.7 Å². The van der Waals surface area contributed by atoms with Crippen molar-refractivity contribution in [2.24, 2.45) is 11.8 Å². The molecule has 0 aromatic heterocycles. The Bertz CT molecular complexity index is 1510. The number of amides is 3. The maximum Gasteiger partial charge on any atom is 0.248 e. The normalized spacial score (nSPS) is 28.9. The van der Waals surface area contributed by atoms with Gasteiger partial charge in [0.1, 0.15) is 11.8 Å². The molecule has 2 bridgehead atoms. The van der Waals surface area contributed by atoms with E-state index < -0.39 is 33.4 Å². The van der Waals surface area contributed by atoms with E-state index in [1.165, 1.54) is 4.90 Å². The number of rotatable bonds is 8. The van der Waals surface area contributed by atoms with Gasteiger partial charge in [0.25, 0.3) is 0 Å². The Kier molecular flexibility index (Phi) is 6.98. The molecule has 3 aliphatic rings. The van der Waals surface area contributed by atoms with Crippen molar-refractivity contribution in [3.8, 4) is 5.75 Å². The van der Waals surface area contributed by atoms with Gasteiger partial charge in [0.2, 0.25) is 17.7 Å². The van der Waals surface area contributed by atoms with E-state index in [4.69, 9.17) is 4.74 Å². The zero-order chi connectivity index (χ0) is 28.9. The molecular formula is C32H35N3O5S. The summed E-state index contributed by atoms with van der Waals surface area (Å²) in [4.78, 5) is 43.7. The molecule has 3 amide bonds. The minimum atomic E-state index is -0.816. The first-order chi connectivity index (χ1) is 19.7. The number of thioether (sulfide) groups is 1. The molecule has 0 aliphatic carbocycles. The van der Waals surface area contributed by atoms with Crippen LogP contribution in [0.2, 0.25) is 0 Å². The third kappa shape index (κ3) is 4.46. The van der Waals surface area contributed by atoms with Crippen LogP contribution in [0.15, 0.2) is 66.7 Å². The van der Waals surface area contributed by atoms with Gasteiger partial charge >= 0.3 is 0 Å². The Morgan fingerprint density at radius 1 is 1.02 bits per heavy atom. The first kappa shape index (κ1) is 27.6. The number of carbonyl (C=O) groups is 3. The highest BCUT2D eigenvalue weighted by atomic mass is 32.2. The van der Waals surface area contributed by atoms with E-state index in [1.807, 2.05) is 56.3 Å². The summed E-state index contributed by atoms with van der Waals surface area (Å²) in [6.07, 6.45) is 1.35. The lowest BCUT2D eigenvalue weighted by Gasteiger charge is -2.36. The van der Waals surface area contributed by atoms with Gasteiger partial charge in [0.05, 0.1) is 35.8 Å². The molecule has 3 heterocycles. The molecule has 6 rings (SSSR count). The van der Waals surface area contributed by atoms with Crippen LogP contribution < -0.4 is 15.4 Å². The van der Waals surface area contributed by atoms with Crippen LogP contribution in [0.3, 0.4) is 0 Å². The highest BCUT2D eigenvalue weighted by Gasteiger charge is 2.77. The highest BCUT2D eigenvalue weighted by molar-refractivity contribution is 8.02. The van der Waals surface area contributed by atoms with E-state index in [-0.39, 0.29) is 24.3 Å². The van der Waals surface area contributed by atoms with Crippen molar-refractivity contribution in [1.29, 1.82) is 0 Å². The van der Waals surface area contributed by atoms with Gasteiger partial charge in [-0.05, 0) is 80.8 Å². The number of anilines is 2. The smallest absolute Gasteiger partial charge is 0.248 e. The molecule has 3 aromatic rings. The van der Waals surface area contributed by atoms with Gasteiger partial charge in [-0.1, -0.05) is 30.3 Å². The second-order valence-electron chi connectivity index (χ2n) is 11.5. The Labute approximate surface area is 243 Å². The molecule has 1 spiro atoms. The number of benzene rings is 3. The maximum atomic E-state index is 14.2. The largest absolute Gasteiger partial charge is 0.494 e. The average molecular weight is 574 g/mol. The lowest BCUT2D eigenvalue weighted by atomic mass is 9.66. The van der Waals surface area contributed by atoms with Gasteiger partial charge in [-0.15, -0.1) is 11.8 Å². The van der Waals surface area contributed by atoms with Crippen molar-refractivity contribution in [1.82, 2.24) is 4.90 Å². The summed E-state index contributed by atoms with van der Waals surface area (Å²) < 4.78 is 4.25. The molecule has 0 radical (unpaired) electrons. The van der Waals surface area contributed by atoms with Crippen LogP contribution in [0.4, 0.5) is 11.4 Å². The summed E-state index contributed by atoms with van der Waals surface area (Å²) in [5, 5.41) is 18.3. The van der Waals surface area contributed by atoms with Crippen molar-refractivity contribution >= 4 is 51.6 Å². The van der Waals surface area contributed by atoms with Crippen LogP contribution in [-0.4, -0.2) is 62.5 Å². The SMILES string of the molecule is CCOc1ccc(NC(=O)[C@@H]2[C@H]3C(=O)N([C@H](C)CO)C(C(=O)Nc4ccc5ccccc5c4)C34CC[C@@]2(C)S4)cc1. The topological polar surface area (TPSA) is 108 Å². The summed E-state index contributed by atoms with van der Waals surface area (Å²) in [5.41, 5.74) is 1.27. The minimum Gasteiger partial charge on any atom is -0.494 e. The maximum absolute atomic E-state index is 14.2. The van der Waals surface area contributed by atoms with Gasteiger partial charge < -0.3 is 25.4 Å². The van der Waals surface area contributed by atoms with Crippen molar-refractivity contribution in [2.45, 2.75) is 55.2 Å². The van der Waals surface area contributed by atoms with Crippen molar-refractivity contribution in [2.75, 3.05) is 23.8 Å². The number of fused-ring (bicyclic) bond motifs is 2. The fourth-order valence-corrected chi connectivity index (χ4v) is 9.47. The first-order valence-corrected chi connectivity index (χ1v) is 15.0. The lowest BCUT2D eigenvalue weighted by molar-refractivity contribution is -0.141. The van der Waals surface area contributed by atoms with E-state index in [9.17, 15) is 19.5 Å². The fraction of sp³-hybridized carbons (Fsp3) is 0.406. The predicted octanol–water partition coefficient (Wildman–Crippen LogP) is 4.68. The zero-order valence-electron chi connectivity index (χ0n) is 23.4. The van der Waals surface area contributed by atoms with Gasteiger partial charge in [-0.25, -0.2) is 0 Å². The summed E-state index contributed by atoms with van der Waals surface area (Å²) in [5.74, 6) is -1.33. The molecule has 9 heteroatoms. The standard InChI is InChI=1S/C32H35N3O5S/c1-4-40-24-13-11-22(12-14-24)33-28(37)25-26-30(39)35(19(2)18-36)27(32(26)16-15-31(25,3)41-32)29(38)34-23-10-9-20-7-5-6-8-21(20)17-23/h5-14,17,19,25-27,36H,4,15-16,18H2,1-3H3,(H,33,37)(H,34,38)/t19-,25+,26+,27?,31-,32?/m1/s1. The summed E-state index contributed by atoms with van der Waals surface area (Å²) in [6, 6.07) is 19.5. The first-order valence-electron chi connectivity index (χ1n) is 14.2. The molecule has 3 fully saturated rings. The molecule has 8 nitrogen and oxygen atoms in total. The monoisotopic (exact) mass is 573 g/mol. The Morgan fingerprint density at radius 3 is 2.41 bits per heavy atom. The number of hydrogen-bond donors (Lipinski definition) is 3. The Morgan fingerprint density at radius 2 is 1.71 bits per heavy atom. The molecule has 3 N–H and O–H groups in total. The summed E-state index contributed by atoms with van der Waals surface area (Å²) in [7, 11) is 0. The number of carbonyl (C=O) groups excluding carboxylic acids is 3. The number of nitrogens with zero attached hydrogens (tertiary/aromatic N) is 1. The number of aliphatic hydroxyl groups excluding tert-OH is 1. The molecule has 3 aromatic carbocycles. The van der Waals surface area contributed by atoms with Crippen LogP contribution in [-0.2, 0) is 14.4 Å². The quantitative estimate of drug-likeness (QED) is 0.361. The number of hydrogen-bond acceptors (Lipinski definition) is 6. The molecule has 2 unspecified atom stereocenters. The molecule has 214 valence electrons. The average Bonchev–Trinajstić information content (AvgIpc) is 3.54. The molecule has 3 saturated heterocycles. The van der Waals surface area contributed by atoms with E-state index in [0.717, 1.165) is 10.8 Å². The summed E-state index contributed by atoms with van der Waals surface area (Å²) in [6.45, 7) is 5.97. The minimum absolute atomic E-state index is 0.226. The lowest BCUT2D eigenvalue weighted by Crippen LogP contribution is -2.54. The van der Waals surface area contributed by atoms with Crippen LogP contribution in [0.5, 0.6) is 5.75 Å². The van der Waals surface area contributed by atoms with Crippen molar-refractivity contribution in [3.63, 3.8) is 0 Å². The Balaban J connectivity index is 1.32. The van der Waals surface area contributed by atoms with Gasteiger partial charge in [0.15, 0.2) is 0 Å². The summed E-state index contributed by atoms with van der Waals surface area (Å²) >= 11 is 1.61. The molecular weight excluding hydrogens is 538 g/mol. The van der Waals surface area contributed by atoms with Crippen LogP contribution >= 0.6 is 11.8 Å². The number of nitrogens with one attached hydrogen (secondary N) is 2. The van der Waals surface area contributed by atoms with Crippen LogP contribution in [0.1, 0.15) is 33.6 Å². The van der Waals surface area contributed by atoms with E-state index >= 15 is 0 Å². The number of aliphatic hydroxyl groups is 1. The third-order valence-electron chi connectivity index (χ3n) is 8.93. The fourth-order valence-electron chi connectivity index (χ4n) is 7.13. The Hall–Kier alpha value is -3.56. The number of likely N-dealkylation sites (tertiary alicyclic amines) is 1. The molecule has 41 heavy (non-hydrogen) atoms. The van der Waals surface area contributed by atoms with Crippen molar-refractivity contribution < 1.29 is 24.2 Å². The van der Waals surface area contributed by atoms with Crippen LogP contribution in [0, 0.1) is 11.8 Å². The van der Waals surface area contributed by atoms with Gasteiger partial charge in [0, 0.05) is 16.1 Å². The van der Waals surface area contributed by atoms with Gasteiger partial charge in [-0.2, -0.15) is 0 Å². The van der Waals surface area contributed by atoms with Crippen LogP contribution in [0.25, 0.3) is 10.8 Å². The van der Waals surface area contributed by atoms with E-state index in [2.05, 4.69) is 10.6 Å². The van der Waals surface area contributed by atoms with Gasteiger partial charge in [-0.3, -0.25) is 14.4 Å². The molecule has 3 aliphatic heterocycles. The molecule has 0 saturated carbocycles. The highest BCUT2D eigenvalue weighted by Crippen LogP contribution is 2.71. The predicted molar refractivity (Wildman–Crippen MR) is 161 cm³/mol. The number of ether oxygens (including phenoxy) is 1. The second-order valence-corrected chi connectivity index (χ2v) is 13.4. The zero-order valence-corrected chi connectivity index (χ0v) is 24.2. The van der Waals surface area contributed by atoms with E-state index in [1.54, 1.807) is 43.0 Å². The molecule has 6 atom stereocenters. The van der Waals surface area contributed by atoms with E-state index in [0.29, 0.717) is 36.6 Å². The third-order valence-corrected chi connectivity index (χ3v) is 10.9. The second kappa shape index (κ2) is 10.4.